The number of quaternary nitrogens is 1. The molecule has 2 rings (SSSR count). The predicted octanol–water partition coefficient (Wildman–Crippen LogP) is 10.8. The molecule has 0 spiro atoms. The Morgan fingerprint density at radius 2 is 1.56 bits per heavy atom. The van der Waals surface area contributed by atoms with E-state index < -0.39 is 0 Å². The zero-order valence-corrected chi connectivity index (χ0v) is 30.2. The smallest absolute Gasteiger partial charge is 0.223 e. The summed E-state index contributed by atoms with van der Waals surface area (Å²) in [5, 5.41) is 0. The monoisotopic (exact) mass is 621 g/mol. The molecule has 4 atom stereocenters. The molecular weight excluding hydrogens is 554 g/mol. The van der Waals surface area contributed by atoms with Crippen molar-refractivity contribution in [1.29, 1.82) is 0 Å². The maximum absolute atomic E-state index is 13.3. The van der Waals surface area contributed by atoms with Crippen LogP contribution in [0, 0.1) is 29.1 Å². The van der Waals surface area contributed by atoms with Crippen LogP contribution in [0.25, 0.3) is 0 Å². The van der Waals surface area contributed by atoms with Gasteiger partial charge in [0.1, 0.15) is 18.1 Å². The van der Waals surface area contributed by atoms with Gasteiger partial charge in [0.15, 0.2) is 5.78 Å². The lowest BCUT2D eigenvalue weighted by molar-refractivity contribution is -0.900. The molecule has 45 heavy (non-hydrogen) atoms. The highest BCUT2D eigenvalue weighted by atomic mass is 16.5. The third kappa shape index (κ3) is 14.3. The number of ketones is 2. The zero-order chi connectivity index (χ0) is 33.3. The molecule has 1 aliphatic rings. The maximum Gasteiger partial charge on any atom is 0.223 e. The molecule has 0 N–H and O–H groups in total. The van der Waals surface area contributed by atoms with Crippen LogP contribution in [0.4, 0.5) is 0 Å². The van der Waals surface area contributed by atoms with Crippen LogP contribution in [-0.2, 0) is 4.79 Å². The van der Waals surface area contributed by atoms with Crippen LogP contribution in [-0.4, -0.2) is 43.4 Å². The van der Waals surface area contributed by atoms with Crippen molar-refractivity contribution in [3.05, 3.63) is 59.9 Å². The Hall–Kier alpha value is -2.42. The van der Waals surface area contributed by atoms with Gasteiger partial charge in [-0.15, -0.1) is 5.73 Å². The van der Waals surface area contributed by atoms with E-state index in [-0.39, 0.29) is 40.7 Å². The summed E-state index contributed by atoms with van der Waals surface area (Å²) in [4.78, 5) is 26.6. The lowest BCUT2D eigenvalue weighted by Crippen LogP contribution is -2.42. The van der Waals surface area contributed by atoms with Gasteiger partial charge in [0.25, 0.3) is 0 Å². The van der Waals surface area contributed by atoms with Gasteiger partial charge < -0.3 is 4.74 Å². The van der Waals surface area contributed by atoms with Gasteiger partial charge in [-0.05, 0) is 66.9 Å². The van der Waals surface area contributed by atoms with Crippen LogP contribution < -0.4 is 4.74 Å². The molecule has 4 nitrogen and oxygen atoms in total. The summed E-state index contributed by atoms with van der Waals surface area (Å²) < 4.78 is 6.77. The van der Waals surface area contributed by atoms with Gasteiger partial charge in [-0.3, -0.25) is 14.1 Å². The number of carbonyl (C=O) groups is 2. The summed E-state index contributed by atoms with van der Waals surface area (Å²) >= 11 is 0. The minimum atomic E-state index is -0.223. The minimum Gasteiger partial charge on any atom is -0.445 e. The van der Waals surface area contributed by atoms with Crippen LogP contribution in [0.5, 0.6) is 5.75 Å². The van der Waals surface area contributed by atoms with Crippen LogP contribution in [0.3, 0.4) is 0 Å². The quantitative estimate of drug-likeness (QED) is 0.0323. The number of nitrogens with zero attached hydrogens (tertiary/aromatic N) is 1. The van der Waals surface area contributed by atoms with E-state index >= 15 is 0 Å². The Balaban J connectivity index is 1.71. The standard InChI is InChI=1S/C41H66NO3/c1-9-10-11-12-13-14-15-16-17-18-19-20-21-22-30-42(7,8)32-45-37-27-25-36(26-28-37)40(44)35(4)34(3)31-38(43)39-33(2)24-23-29-41(39,5)6/h20,22-28,33-35,39H,9-19,29-32H2,1-8H3/q+1. The number of carbonyl (C=O) groups excluding carboxylic acids is 2. The number of Topliss-reactive ketones (excluding diaryl/α,β-unsaturated/α-hetero) is 2. The summed E-state index contributed by atoms with van der Waals surface area (Å²) in [5.74, 6) is 1.14. The van der Waals surface area contributed by atoms with Gasteiger partial charge in [0.05, 0.1) is 14.1 Å². The first-order valence-corrected chi connectivity index (χ1v) is 18.1. The average Bonchev–Trinajstić information content (AvgIpc) is 2.99. The lowest BCUT2D eigenvalue weighted by atomic mass is 9.64. The van der Waals surface area contributed by atoms with Gasteiger partial charge in [-0.2, -0.15) is 0 Å². The van der Waals surface area contributed by atoms with Gasteiger partial charge >= 0.3 is 0 Å². The zero-order valence-electron chi connectivity index (χ0n) is 30.2. The van der Waals surface area contributed by atoms with Crippen molar-refractivity contribution < 1.29 is 18.8 Å². The summed E-state index contributed by atoms with van der Waals surface area (Å²) in [7, 11) is 4.29. The van der Waals surface area contributed by atoms with Crippen molar-refractivity contribution in [2.45, 2.75) is 125 Å². The number of likely N-dealkylation sites (N-methyl/N-ethyl adjacent to an activating group) is 1. The molecule has 1 aromatic carbocycles. The molecule has 4 heteroatoms. The number of ether oxygens (including phenoxy) is 1. The highest BCUT2D eigenvalue weighted by Crippen LogP contribution is 2.42. The first-order valence-electron chi connectivity index (χ1n) is 18.1. The lowest BCUT2D eigenvalue weighted by Gasteiger charge is -2.39. The van der Waals surface area contributed by atoms with E-state index in [1.54, 1.807) is 0 Å². The Morgan fingerprint density at radius 3 is 2.16 bits per heavy atom. The van der Waals surface area contributed by atoms with Crippen LogP contribution in [0.15, 0.2) is 54.3 Å². The maximum atomic E-state index is 13.3. The first kappa shape index (κ1) is 38.8. The largest absolute Gasteiger partial charge is 0.445 e. The second kappa shape index (κ2) is 20.0. The Morgan fingerprint density at radius 1 is 0.956 bits per heavy atom. The van der Waals surface area contributed by atoms with E-state index in [1.807, 2.05) is 38.1 Å². The van der Waals surface area contributed by atoms with Gasteiger partial charge in [-0.1, -0.05) is 111 Å². The molecular formula is C41H66NO3+. The summed E-state index contributed by atoms with van der Waals surface area (Å²) in [6.07, 6.45) is 24.8. The molecule has 4 unspecified atom stereocenters. The number of rotatable bonds is 22. The Labute approximate surface area is 277 Å². The fourth-order valence-corrected chi connectivity index (χ4v) is 6.63. The number of hydrogen-bond donors (Lipinski definition) is 0. The van der Waals surface area contributed by atoms with E-state index in [2.05, 4.69) is 71.8 Å². The molecule has 1 aliphatic carbocycles. The number of hydrogen-bond acceptors (Lipinski definition) is 3. The highest BCUT2D eigenvalue weighted by molar-refractivity contribution is 5.98. The molecule has 0 radical (unpaired) electrons. The van der Waals surface area contributed by atoms with E-state index in [1.165, 1.54) is 64.2 Å². The number of unbranched alkanes of at least 4 members (excludes halogenated alkanes) is 10. The third-order valence-electron chi connectivity index (χ3n) is 9.83. The summed E-state index contributed by atoms with van der Waals surface area (Å²) in [6.45, 7) is 14.2. The Kier molecular flexibility index (Phi) is 17.2. The summed E-state index contributed by atoms with van der Waals surface area (Å²) in [6, 6.07) is 7.49. The molecule has 0 aliphatic heterocycles. The van der Waals surface area contributed by atoms with E-state index in [9.17, 15) is 9.59 Å². The molecule has 0 saturated carbocycles. The first-order chi connectivity index (χ1) is 21.4. The molecule has 252 valence electrons. The van der Waals surface area contributed by atoms with Crippen molar-refractivity contribution in [2.75, 3.05) is 27.4 Å². The molecule has 0 amide bonds. The average molecular weight is 621 g/mol. The molecule has 0 fully saturated rings. The number of benzene rings is 1. The molecule has 0 saturated heterocycles. The molecule has 0 aromatic heterocycles. The molecule has 0 bridgehead atoms. The van der Waals surface area contributed by atoms with E-state index in [0.29, 0.717) is 23.2 Å². The van der Waals surface area contributed by atoms with Crippen molar-refractivity contribution >= 4 is 11.6 Å². The second-order valence-electron chi connectivity index (χ2n) is 15.2. The fourth-order valence-electron chi connectivity index (χ4n) is 6.63. The van der Waals surface area contributed by atoms with E-state index in [0.717, 1.165) is 25.1 Å². The Bertz CT molecular complexity index is 1110. The van der Waals surface area contributed by atoms with Crippen molar-refractivity contribution in [3.63, 3.8) is 0 Å². The van der Waals surface area contributed by atoms with Crippen LogP contribution in [0.1, 0.15) is 135 Å². The van der Waals surface area contributed by atoms with Crippen LogP contribution >= 0.6 is 0 Å². The van der Waals surface area contributed by atoms with Crippen molar-refractivity contribution in [2.24, 2.45) is 29.1 Å². The van der Waals surface area contributed by atoms with Crippen molar-refractivity contribution in [3.8, 4) is 5.75 Å². The number of allylic oxidation sites excluding steroid dienone is 2. The topological polar surface area (TPSA) is 43.4 Å². The fraction of sp³-hybridized carbons (Fsp3) is 0.683. The SMILES string of the molecule is CCCCCCCCCCCCC=C=CC[N+](C)(C)COc1ccc(C(=O)C(C)C(C)CC(=O)C2C(C)C=CCC2(C)C)cc1. The summed E-state index contributed by atoms with van der Waals surface area (Å²) in [5.41, 5.74) is 4.00. The normalized spacial score (nSPS) is 18.9. The van der Waals surface area contributed by atoms with Gasteiger partial charge in [0.2, 0.25) is 6.73 Å². The molecule has 0 heterocycles. The second-order valence-corrected chi connectivity index (χ2v) is 15.2. The van der Waals surface area contributed by atoms with Gasteiger partial charge in [0, 0.05) is 29.9 Å². The molecule has 1 aromatic rings. The highest BCUT2D eigenvalue weighted by Gasteiger charge is 2.40. The van der Waals surface area contributed by atoms with E-state index in [4.69, 9.17) is 4.74 Å². The van der Waals surface area contributed by atoms with Gasteiger partial charge in [-0.25, -0.2) is 0 Å². The third-order valence-corrected chi connectivity index (χ3v) is 9.83. The predicted molar refractivity (Wildman–Crippen MR) is 191 cm³/mol. The minimum absolute atomic E-state index is 0.00669. The van der Waals surface area contributed by atoms with Crippen LogP contribution in [0.2, 0.25) is 0 Å². The van der Waals surface area contributed by atoms with Crippen molar-refractivity contribution in [1.82, 2.24) is 0 Å².